The summed E-state index contributed by atoms with van der Waals surface area (Å²) < 4.78 is 4.72. The van der Waals surface area contributed by atoms with E-state index in [1.165, 1.54) is 7.11 Å². The first kappa shape index (κ1) is 18.0. The van der Waals surface area contributed by atoms with Gasteiger partial charge in [-0.1, -0.05) is 29.6 Å². The fourth-order valence-corrected chi connectivity index (χ4v) is 3.01. The van der Waals surface area contributed by atoms with Gasteiger partial charge in [0.15, 0.2) is 0 Å². The predicted octanol–water partition coefficient (Wildman–Crippen LogP) is 3.35. The van der Waals surface area contributed by atoms with Crippen LogP contribution >= 0.6 is 23.2 Å². The maximum absolute atomic E-state index is 12.7. The van der Waals surface area contributed by atoms with Crippen molar-refractivity contribution in [3.8, 4) is 0 Å². The SMILES string of the molecule is COC(=O)CC(C(=O)Nc1cc(Cl)ccc1Cl)N1CCCCC1. The molecule has 1 fully saturated rings. The number of anilines is 1. The number of likely N-dealkylation sites (tertiary alicyclic amines) is 1. The fraction of sp³-hybridized carbons (Fsp3) is 0.500. The molecule has 1 aliphatic heterocycles. The Kier molecular flexibility index (Phi) is 6.69. The number of halogens is 2. The number of carbonyl (C=O) groups excluding carboxylic acids is 2. The Bertz CT molecular complexity index is 574. The number of carbonyl (C=O) groups is 2. The molecule has 1 N–H and O–H groups in total. The van der Waals surface area contributed by atoms with Crippen molar-refractivity contribution in [3.63, 3.8) is 0 Å². The molecule has 5 nitrogen and oxygen atoms in total. The lowest BCUT2D eigenvalue weighted by Crippen LogP contribution is -2.47. The van der Waals surface area contributed by atoms with E-state index in [1.807, 2.05) is 4.90 Å². The lowest BCUT2D eigenvalue weighted by Gasteiger charge is -2.33. The number of amides is 1. The molecule has 126 valence electrons. The van der Waals surface area contributed by atoms with Gasteiger partial charge in [0.1, 0.15) is 6.04 Å². The molecule has 0 radical (unpaired) electrons. The van der Waals surface area contributed by atoms with Crippen LogP contribution in [0.1, 0.15) is 25.7 Å². The van der Waals surface area contributed by atoms with E-state index in [-0.39, 0.29) is 12.3 Å². The number of hydrogen-bond donors (Lipinski definition) is 1. The number of hydrogen-bond acceptors (Lipinski definition) is 4. The summed E-state index contributed by atoms with van der Waals surface area (Å²) in [7, 11) is 1.32. The monoisotopic (exact) mass is 358 g/mol. The second-order valence-corrected chi connectivity index (χ2v) is 6.35. The number of rotatable bonds is 5. The first-order valence-electron chi connectivity index (χ1n) is 7.58. The van der Waals surface area contributed by atoms with E-state index >= 15 is 0 Å². The molecule has 2 rings (SSSR count). The van der Waals surface area contributed by atoms with Crippen molar-refractivity contribution < 1.29 is 14.3 Å². The van der Waals surface area contributed by atoms with Crippen LogP contribution in [0.15, 0.2) is 18.2 Å². The molecule has 0 saturated carbocycles. The van der Waals surface area contributed by atoms with Crippen LogP contribution in [0.5, 0.6) is 0 Å². The Morgan fingerprint density at radius 3 is 2.61 bits per heavy atom. The molecule has 0 aliphatic carbocycles. The average Bonchev–Trinajstić information content (AvgIpc) is 2.56. The number of piperidine rings is 1. The maximum atomic E-state index is 12.7. The minimum absolute atomic E-state index is 0.0144. The molecule has 1 saturated heterocycles. The van der Waals surface area contributed by atoms with E-state index in [9.17, 15) is 9.59 Å². The van der Waals surface area contributed by atoms with Gasteiger partial charge in [-0.15, -0.1) is 0 Å². The van der Waals surface area contributed by atoms with E-state index < -0.39 is 12.0 Å². The highest BCUT2D eigenvalue weighted by Gasteiger charge is 2.30. The molecule has 1 unspecified atom stereocenters. The molecular formula is C16H20Cl2N2O3. The number of benzene rings is 1. The summed E-state index contributed by atoms with van der Waals surface area (Å²) in [6.45, 7) is 1.58. The summed E-state index contributed by atoms with van der Waals surface area (Å²) in [6.07, 6.45) is 3.19. The molecule has 0 aromatic heterocycles. The van der Waals surface area contributed by atoms with Crippen molar-refractivity contribution in [2.24, 2.45) is 0 Å². The lowest BCUT2D eigenvalue weighted by molar-refractivity contribution is -0.144. The molecule has 23 heavy (non-hydrogen) atoms. The molecular weight excluding hydrogens is 339 g/mol. The Hall–Kier alpha value is -1.30. The highest BCUT2D eigenvalue weighted by molar-refractivity contribution is 6.35. The van der Waals surface area contributed by atoms with Crippen molar-refractivity contribution in [2.75, 3.05) is 25.5 Å². The van der Waals surface area contributed by atoms with Crippen molar-refractivity contribution in [3.05, 3.63) is 28.2 Å². The fourth-order valence-electron chi connectivity index (χ4n) is 2.67. The standard InChI is InChI=1S/C16H20Cl2N2O3/c1-23-15(21)10-14(20-7-3-2-4-8-20)16(22)19-13-9-11(17)5-6-12(13)18/h5-6,9,14H,2-4,7-8,10H2,1H3,(H,19,22). The van der Waals surface area contributed by atoms with E-state index in [0.717, 1.165) is 32.4 Å². The van der Waals surface area contributed by atoms with Gasteiger partial charge < -0.3 is 10.1 Å². The third kappa shape index (κ3) is 5.09. The number of nitrogens with one attached hydrogen (secondary N) is 1. The predicted molar refractivity (Wildman–Crippen MR) is 90.9 cm³/mol. The average molecular weight is 359 g/mol. The Balaban J connectivity index is 2.14. The van der Waals surface area contributed by atoms with E-state index in [4.69, 9.17) is 27.9 Å². The highest BCUT2D eigenvalue weighted by atomic mass is 35.5. The first-order chi connectivity index (χ1) is 11.0. The smallest absolute Gasteiger partial charge is 0.307 e. The van der Waals surface area contributed by atoms with Crippen LogP contribution in [0.2, 0.25) is 10.0 Å². The number of ether oxygens (including phenoxy) is 1. The van der Waals surface area contributed by atoms with Crippen LogP contribution in [0.4, 0.5) is 5.69 Å². The summed E-state index contributed by atoms with van der Waals surface area (Å²) in [6, 6.07) is 4.29. The van der Waals surface area contributed by atoms with E-state index in [0.29, 0.717) is 15.7 Å². The summed E-state index contributed by atoms with van der Waals surface area (Å²) in [5.74, 6) is -0.686. The van der Waals surface area contributed by atoms with Crippen molar-refractivity contribution in [1.29, 1.82) is 0 Å². The van der Waals surface area contributed by atoms with Gasteiger partial charge in [0, 0.05) is 5.02 Å². The topological polar surface area (TPSA) is 58.6 Å². The summed E-state index contributed by atoms with van der Waals surface area (Å²) in [4.78, 5) is 26.4. The van der Waals surface area contributed by atoms with Gasteiger partial charge in [-0.3, -0.25) is 14.5 Å². The molecule has 1 heterocycles. The molecule has 1 aromatic rings. The van der Waals surface area contributed by atoms with E-state index in [2.05, 4.69) is 5.32 Å². The molecule has 1 aromatic carbocycles. The van der Waals surface area contributed by atoms with Gasteiger partial charge >= 0.3 is 5.97 Å². The third-order valence-electron chi connectivity index (χ3n) is 3.91. The van der Waals surface area contributed by atoms with Crippen LogP contribution in [-0.4, -0.2) is 43.0 Å². The minimum Gasteiger partial charge on any atom is -0.469 e. The molecule has 1 atom stereocenters. The zero-order valence-electron chi connectivity index (χ0n) is 13.0. The van der Waals surface area contributed by atoms with Crippen LogP contribution in [0.25, 0.3) is 0 Å². The van der Waals surface area contributed by atoms with Crippen LogP contribution < -0.4 is 5.32 Å². The van der Waals surface area contributed by atoms with Gasteiger partial charge in [0.05, 0.1) is 24.2 Å². The van der Waals surface area contributed by atoms with Gasteiger partial charge in [-0.2, -0.15) is 0 Å². The van der Waals surface area contributed by atoms with Crippen LogP contribution in [-0.2, 0) is 14.3 Å². The third-order valence-corrected chi connectivity index (χ3v) is 4.47. The van der Waals surface area contributed by atoms with Gasteiger partial charge in [-0.05, 0) is 44.1 Å². The molecule has 7 heteroatoms. The molecule has 1 amide bonds. The van der Waals surface area contributed by atoms with Crippen molar-refractivity contribution in [2.45, 2.75) is 31.7 Å². The van der Waals surface area contributed by atoms with Gasteiger partial charge in [0.2, 0.25) is 5.91 Å². The summed E-state index contributed by atoms with van der Waals surface area (Å²) >= 11 is 12.0. The second kappa shape index (κ2) is 8.52. The number of methoxy groups -OCH3 is 1. The van der Waals surface area contributed by atoms with Crippen molar-refractivity contribution >= 4 is 40.8 Å². The Labute approximate surface area is 145 Å². The quantitative estimate of drug-likeness (QED) is 0.820. The van der Waals surface area contributed by atoms with E-state index in [1.54, 1.807) is 18.2 Å². The van der Waals surface area contributed by atoms with Crippen LogP contribution in [0, 0.1) is 0 Å². The zero-order valence-corrected chi connectivity index (χ0v) is 14.5. The number of nitrogens with zero attached hydrogens (tertiary/aromatic N) is 1. The van der Waals surface area contributed by atoms with Crippen molar-refractivity contribution in [1.82, 2.24) is 4.90 Å². The first-order valence-corrected chi connectivity index (χ1v) is 8.33. The summed E-state index contributed by atoms with van der Waals surface area (Å²) in [5, 5.41) is 3.65. The Morgan fingerprint density at radius 2 is 1.96 bits per heavy atom. The largest absolute Gasteiger partial charge is 0.469 e. The van der Waals surface area contributed by atoms with Gasteiger partial charge in [-0.25, -0.2) is 0 Å². The molecule has 0 spiro atoms. The van der Waals surface area contributed by atoms with Gasteiger partial charge in [0.25, 0.3) is 0 Å². The molecule has 1 aliphatic rings. The summed E-state index contributed by atoms with van der Waals surface area (Å²) in [5.41, 5.74) is 0.441. The second-order valence-electron chi connectivity index (χ2n) is 5.51. The minimum atomic E-state index is -0.571. The Morgan fingerprint density at radius 1 is 1.26 bits per heavy atom. The zero-order chi connectivity index (χ0) is 16.8. The normalized spacial score (nSPS) is 16.7. The highest BCUT2D eigenvalue weighted by Crippen LogP contribution is 2.26. The molecule has 0 bridgehead atoms. The van der Waals surface area contributed by atoms with Crippen LogP contribution in [0.3, 0.4) is 0 Å². The lowest BCUT2D eigenvalue weighted by atomic mass is 10.1. The maximum Gasteiger partial charge on any atom is 0.307 e. The number of esters is 1.